The van der Waals surface area contributed by atoms with Gasteiger partial charge in [0, 0.05) is 17.8 Å². The van der Waals surface area contributed by atoms with E-state index in [1.165, 1.54) is 16.2 Å². The number of hydrogen-bond acceptors (Lipinski definition) is 5. The van der Waals surface area contributed by atoms with E-state index in [0.717, 1.165) is 10.1 Å². The highest BCUT2D eigenvalue weighted by Gasteiger charge is 2.18. The van der Waals surface area contributed by atoms with Gasteiger partial charge in [-0.15, -0.1) is 11.3 Å². The van der Waals surface area contributed by atoms with E-state index in [1.54, 1.807) is 13.0 Å². The van der Waals surface area contributed by atoms with Crippen molar-refractivity contribution in [2.45, 2.75) is 13.8 Å². The van der Waals surface area contributed by atoms with Crippen LogP contribution in [-0.2, 0) is 14.3 Å². The van der Waals surface area contributed by atoms with Gasteiger partial charge in [-0.1, -0.05) is 18.2 Å². The molecule has 128 valence electrons. The Morgan fingerprint density at radius 1 is 1.21 bits per heavy atom. The van der Waals surface area contributed by atoms with E-state index in [-0.39, 0.29) is 19.1 Å². The maximum absolute atomic E-state index is 12.1. The van der Waals surface area contributed by atoms with Crippen molar-refractivity contribution in [3.8, 4) is 0 Å². The molecule has 0 radical (unpaired) electrons. The summed E-state index contributed by atoms with van der Waals surface area (Å²) in [4.78, 5) is 37.6. The van der Waals surface area contributed by atoms with Crippen molar-refractivity contribution in [3.63, 3.8) is 0 Å². The van der Waals surface area contributed by atoms with Crippen LogP contribution in [0.1, 0.15) is 23.5 Å². The van der Waals surface area contributed by atoms with Gasteiger partial charge in [-0.3, -0.25) is 9.59 Å². The third-order valence-electron chi connectivity index (χ3n) is 3.40. The summed E-state index contributed by atoms with van der Waals surface area (Å²) >= 11 is 1.32. The first-order chi connectivity index (χ1) is 11.5. The largest absolute Gasteiger partial charge is 0.451 e. The molecule has 0 saturated carbocycles. The molecule has 1 N–H and O–H groups in total. The Labute approximate surface area is 144 Å². The molecule has 1 aromatic heterocycles. The highest BCUT2D eigenvalue weighted by molar-refractivity contribution is 7.20. The lowest BCUT2D eigenvalue weighted by molar-refractivity contribution is -0.138. The van der Waals surface area contributed by atoms with Crippen molar-refractivity contribution in [2.75, 3.05) is 26.2 Å². The normalized spacial score (nSPS) is 10.4. The standard InChI is InChI=1S/C17H20N2O4S/c1-3-18-15(20)10-19(4-2)16(21)11-23-17(22)14-9-12-7-5-6-8-13(12)24-14/h5-9H,3-4,10-11H2,1-2H3,(H,18,20). The molecule has 0 aliphatic heterocycles. The first-order valence-corrected chi connectivity index (χ1v) is 8.57. The van der Waals surface area contributed by atoms with Gasteiger partial charge in [0.25, 0.3) is 5.91 Å². The molecule has 2 aromatic rings. The number of benzene rings is 1. The average Bonchev–Trinajstić information content (AvgIpc) is 3.01. The molecule has 24 heavy (non-hydrogen) atoms. The smallest absolute Gasteiger partial charge is 0.348 e. The number of fused-ring (bicyclic) bond motifs is 1. The van der Waals surface area contributed by atoms with E-state index in [2.05, 4.69) is 5.32 Å². The van der Waals surface area contributed by atoms with E-state index < -0.39 is 11.9 Å². The van der Waals surface area contributed by atoms with Crippen molar-refractivity contribution < 1.29 is 19.1 Å². The van der Waals surface area contributed by atoms with E-state index in [9.17, 15) is 14.4 Å². The second-order valence-electron chi connectivity index (χ2n) is 5.09. The summed E-state index contributed by atoms with van der Waals surface area (Å²) in [5.41, 5.74) is 0. The van der Waals surface area contributed by atoms with Crippen LogP contribution in [0.2, 0.25) is 0 Å². The molecule has 0 unspecified atom stereocenters. The molecule has 0 bridgehead atoms. The first-order valence-electron chi connectivity index (χ1n) is 7.75. The van der Waals surface area contributed by atoms with Gasteiger partial charge in [-0.05, 0) is 31.4 Å². The molecule has 0 spiro atoms. The maximum atomic E-state index is 12.1. The van der Waals surface area contributed by atoms with Gasteiger partial charge in [0.15, 0.2) is 6.61 Å². The summed E-state index contributed by atoms with van der Waals surface area (Å²) in [6.45, 7) is 4.04. The second-order valence-corrected chi connectivity index (χ2v) is 6.17. The molecular weight excluding hydrogens is 328 g/mol. The number of nitrogens with zero attached hydrogens (tertiary/aromatic N) is 1. The van der Waals surface area contributed by atoms with E-state index in [0.29, 0.717) is 18.0 Å². The fourth-order valence-electron chi connectivity index (χ4n) is 2.17. The molecule has 2 amide bonds. The number of likely N-dealkylation sites (N-methyl/N-ethyl adjacent to an activating group) is 2. The Bertz CT molecular complexity index is 708. The maximum Gasteiger partial charge on any atom is 0.348 e. The zero-order valence-corrected chi connectivity index (χ0v) is 14.5. The number of hydrogen-bond donors (Lipinski definition) is 1. The zero-order chi connectivity index (χ0) is 17.5. The SMILES string of the molecule is CCNC(=O)CN(CC)C(=O)COC(=O)c1cc2ccccc2s1. The van der Waals surface area contributed by atoms with Crippen LogP contribution < -0.4 is 5.32 Å². The number of carbonyl (C=O) groups excluding carboxylic acids is 3. The molecule has 7 heteroatoms. The molecule has 1 heterocycles. The topological polar surface area (TPSA) is 75.7 Å². The Morgan fingerprint density at radius 3 is 2.62 bits per heavy atom. The van der Waals surface area contributed by atoms with Crippen LogP contribution in [0.5, 0.6) is 0 Å². The minimum absolute atomic E-state index is 0.0381. The van der Waals surface area contributed by atoms with Gasteiger partial charge in [0.1, 0.15) is 4.88 Å². The Hall–Kier alpha value is -2.41. The summed E-state index contributed by atoms with van der Waals surface area (Å²) < 4.78 is 6.08. The Balaban J connectivity index is 1.92. The molecule has 6 nitrogen and oxygen atoms in total. The summed E-state index contributed by atoms with van der Waals surface area (Å²) in [7, 11) is 0. The van der Waals surface area contributed by atoms with Crippen molar-refractivity contribution in [2.24, 2.45) is 0 Å². The highest BCUT2D eigenvalue weighted by atomic mass is 32.1. The second kappa shape index (κ2) is 8.44. The van der Waals surface area contributed by atoms with Crippen LogP contribution in [0.15, 0.2) is 30.3 Å². The monoisotopic (exact) mass is 348 g/mol. The fraction of sp³-hybridized carbons (Fsp3) is 0.353. The van der Waals surface area contributed by atoms with Crippen molar-refractivity contribution in [3.05, 3.63) is 35.2 Å². The number of amides is 2. The summed E-state index contributed by atoms with van der Waals surface area (Å²) in [5.74, 6) is -1.15. The predicted octanol–water partition coefficient (Wildman–Crippen LogP) is 2.04. The lowest BCUT2D eigenvalue weighted by atomic mass is 10.2. The highest BCUT2D eigenvalue weighted by Crippen LogP contribution is 2.25. The zero-order valence-electron chi connectivity index (χ0n) is 13.7. The number of carbonyl (C=O) groups is 3. The van der Waals surface area contributed by atoms with Gasteiger partial charge in [0.2, 0.25) is 5.91 Å². The minimum atomic E-state index is -0.529. The Kier molecular flexibility index (Phi) is 6.31. The third kappa shape index (κ3) is 4.55. The third-order valence-corrected chi connectivity index (χ3v) is 4.49. The lowest BCUT2D eigenvalue weighted by Crippen LogP contribution is -2.42. The van der Waals surface area contributed by atoms with Gasteiger partial charge in [-0.2, -0.15) is 0 Å². The lowest BCUT2D eigenvalue weighted by Gasteiger charge is -2.19. The fourth-order valence-corrected chi connectivity index (χ4v) is 3.13. The van der Waals surface area contributed by atoms with Gasteiger partial charge in [0.05, 0.1) is 6.54 Å². The van der Waals surface area contributed by atoms with Crippen LogP contribution in [0.25, 0.3) is 10.1 Å². The summed E-state index contributed by atoms with van der Waals surface area (Å²) in [6.07, 6.45) is 0. The molecule has 2 rings (SSSR count). The molecule has 0 aliphatic rings. The van der Waals surface area contributed by atoms with Gasteiger partial charge in [-0.25, -0.2) is 4.79 Å². The molecule has 0 aliphatic carbocycles. The van der Waals surface area contributed by atoms with Gasteiger partial charge >= 0.3 is 5.97 Å². The van der Waals surface area contributed by atoms with Crippen LogP contribution in [0.4, 0.5) is 0 Å². The number of nitrogens with one attached hydrogen (secondary N) is 1. The summed E-state index contributed by atoms with van der Waals surface area (Å²) in [5, 5.41) is 3.60. The van der Waals surface area contributed by atoms with E-state index in [4.69, 9.17) is 4.74 Å². The van der Waals surface area contributed by atoms with E-state index >= 15 is 0 Å². The quantitative estimate of drug-likeness (QED) is 0.777. The molecule has 0 saturated heterocycles. The molecule has 1 aromatic carbocycles. The number of rotatable bonds is 7. The van der Waals surface area contributed by atoms with Crippen molar-refractivity contribution >= 4 is 39.2 Å². The van der Waals surface area contributed by atoms with E-state index in [1.807, 2.05) is 31.2 Å². The Morgan fingerprint density at radius 2 is 1.96 bits per heavy atom. The van der Waals surface area contributed by atoms with Crippen LogP contribution in [0, 0.1) is 0 Å². The van der Waals surface area contributed by atoms with Crippen LogP contribution in [0.3, 0.4) is 0 Å². The van der Waals surface area contributed by atoms with Crippen LogP contribution >= 0.6 is 11.3 Å². The molecule has 0 atom stereocenters. The number of ether oxygens (including phenoxy) is 1. The minimum Gasteiger partial charge on any atom is -0.451 e. The number of esters is 1. The number of thiophene rings is 1. The average molecular weight is 348 g/mol. The predicted molar refractivity (Wildman–Crippen MR) is 93.0 cm³/mol. The van der Waals surface area contributed by atoms with Crippen molar-refractivity contribution in [1.82, 2.24) is 10.2 Å². The molecular formula is C17H20N2O4S. The molecule has 0 fully saturated rings. The first kappa shape index (κ1) is 17.9. The van der Waals surface area contributed by atoms with Crippen LogP contribution in [-0.4, -0.2) is 48.9 Å². The van der Waals surface area contributed by atoms with Crippen molar-refractivity contribution in [1.29, 1.82) is 0 Å². The van der Waals surface area contributed by atoms with Gasteiger partial charge < -0.3 is 15.0 Å². The summed E-state index contributed by atoms with van der Waals surface area (Å²) in [6, 6.07) is 9.39.